The van der Waals surface area contributed by atoms with Crippen LogP contribution in [0.3, 0.4) is 0 Å². The number of likely N-dealkylation sites (tertiary alicyclic amines) is 1. The van der Waals surface area contributed by atoms with Crippen LogP contribution in [0.25, 0.3) is 0 Å². The summed E-state index contributed by atoms with van der Waals surface area (Å²) in [6.07, 6.45) is 6.31. The number of rotatable bonds is 9. The second-order valence-electron chi connectivity index (χ2n) is 11.4. The van der Waals surface area contributed by atoms with Gasteiger partial charge in [-0.3, -0.25) is 19.2 Å². The SMILES string of the molecule is COC(=O)N[C@H](C(=O)N1C[C@H]2[C@@H]([C@H]1C(=O)NC(CC1CC1)C(=O)C(N)=O)C2(C)C)C1CCCCC1. The average Bonchev–Trinajstić information content (AvgIpc) is 3.68. The van der Waals surface area contributed by atoms with Crippen LogP contribution in [-0.4, -0.2) is 66.3 Å². The van der Waals surface area contributed by atoms with E-state index in [1.165, 1.54) is 7.11 Å². The molecule has 0 spiro atoms. The third-order valence-corrected chi connectivity index (χ3v) is 8.75. The van der Waals surface area contributed by atoms with E-state index in [1.807, 2.05) is 0 Å². The monoisotopic (exact) mass is 490 g/mol. The molecule has 1 saturated heterocycles. The Kier molecular flexibility index (Phi) is 7.11. The van der Waals surface area contributed by atoms with Gasteiger partial charge < -0.3 is 26.0 Å². The first-order valence-electron chi connectivity index (χ1n) is 12.8. The number of hydrogen-bond acceptors (Lipinski definition) is 6. The highest BCUT2D eigenvalue weighted by Gasteiger charge is 2.69. The van der Waals surface area contributed by atoms with Crippen molar-refractivity contribution in [1.29, 1.82) is 0 Å². The van der Waals surface area contributed by atoms with E-state index in [4.69, 9.17) is 10.5 Å². The summed E-state index contributed by atoms with van der Waals surface area (Å²) in [6.45, 7) is 4.57. The lowest BCUT2D eigenvalue weighted by molar-refractivity contribution is -0.144. The standard InChI is InChI=1S/C25H38N4O6/c1-25(2)15-12-29(23(33)18(28-24(34)35-3)14-7-5-4-6-8-14)19(17(15)25)22(32)27-16(11-13-9-10-13)20(30)21(26)31/h13-19H,4-12H2,1-3H3,(H2,26,31)(H,27,32)(H,28,34)/t15-,16?,17-,18-,19-/m0/s1. The summed E-state index contributed by atoms with van der Waals surface area (Å²) in [7, 11) is 1.26. The van der Waals surface area contributed by atoms with Gasteiger partial charge in [-0.15, -0.1) is 0 Å². The first kappa shape index (κ1) is 25.4. The highest BCUT2D eigenvalue weighted by atomic mass is 16.5. The Hall–Kier alpha value is -2.65. The number of nitrogens with one attached hydrogen (secondary N) is 2. The first-order chi connectivity index (χ1) is 16.6. The fraction of sp³-hybridized carbons (Fsp3) is 0.800. The van der Waals surface area contributed by atoms with Gasteiger partial charge in [0.05, 0.1) is 13.2 Å². The molecule has 1 unspecified atom stereocenters. The number of carbonyl (C=O) groups excluding carboxylic acids is 5. The van der Waals surface area contributed by atoms with Crippen LogP contribution < -0.4 is 16.4 Å². The smallest absolute Gasteiger partial charge is 0.407 e. The predicted molar refractivity (Wildman–Crippen MR) is 126 cm³/mol. The lowest BCUT2D eigenvalue weighted by atomic mass is 9.83. The van der Waals surface area contributed by atoms with Crippen molar-refractivity contribution in [3.8, 4) is 0 Å². The molecule has 0 aromatic carbocycles. The minimum Gasteiger partial charge on any atom is -0.453 e. The minimum atomic E-state index is -1.07. The molecule has 0 bridgehead atoms. The lowest BCUT2D eigenvalue weighted by Gasteiger charge is -2.37. The number of Topliss-reactive ketones (excluding diaryl/α,β-unsaturated/α-hetero) is 1. The zero-order chi connectivity index (χ0) is 25.5. The van der Waals surface area contributed by atoms with Crippen LogP contribution in [0.4, 0.5) is 4.79 Å². The van der Waals surface area contributed by atoms with Gasteiger partial charge in [-0.25, -0.2) is 4.79 Å². The molecule has 0 radical (unpaired) electrons. The van der Waals surface area contributed by atoms with Crippen LogP contribution in [0, 0.1) is 29.1 Å². The van der Waals surface area contributed by atoms with Crippen molar-refractivity contribution in [2.75, 3.05) is 13.7 Å². The molecule has 4 fully saturated rings. The first-order valence-corrected chi connectivity index (χ1v) is 12.8. The summed E-state index contributed by atoms with van der Waals surface area (Å²) < 4.78 is 4.78. The number of fused-ring (bicyclic) bond motifs is 1. The van der Waals surface area contributed by atoms with Crippen molar-refractivity contribution in [3.05, 3.63) is 0 Å². The number of methoxy groups -OCH3 is 1. The molecule has 4 N–H and O–H groups in total. The van der Waals surface area contributed by atoms with Gasteiger partial charge in [-0.2, -0.15) is 0 Å². The van der Waals surface area contributed by atoms with E-state index in [2.05, 4.69) is 24.5 Å². The van der Waals surface area contributed by atoms with Gasteiger partial charge in [0.25, 0.3) is 5.91 Å². The highest BCUT2D eigenvalue weighted by molar-refractivity contribution is 6.37. The number of carbonyl (C=O) groups is 5. The van der Waals surface area contributed by atoms with Gasteiger partial charge in [0.15, 0.2) is 0 Å². The Morgan fingerprint density at radius 1 is 1.03 bits per heavy atom. The molecular formula is C25H38N4O6. The Bertz CT molecular complexity index is 894. The Balaban J connectivity index is 1.55. The van der Waals surface area contributed by atoms with Gasteiger partial charge in [0.2, 0.25) is 17.6 Å². The Labute approximate surface area is 206 Å². The summed E-state index contributed by atoms with van der Waals surface area (Å²) in [5.41, 5.74) is 5.13. The van der Waals surface area contributed by atoms with Crippen molar-refractivity contribution >= 4 is 29.6 Å². The molecule has 35 heavy (non-hydrogen) atoms. The van der Waals surface area contributed by atoms with E-state index in [0.717, 1.165) is 44.9 Å². The molecule has 5 atom stereocenters. The molecule has 0 aromatic heterocycles. The fourth-order valence-corrected chi connectivity index (χ4v) is 6.37. The molecule has 4 rings (SSSR count). The van der Waals surface area contributed by atoms with Crippen molar-refractivity contribution in [2.24, 2.45) is 34.8 Å². The number of nitrogens with zero attached hydrogens (tertiary/aromatic N) is 1. The molecule has 3 aliphatic carbocycles. The third-order valence-electron chi connectivity index (χ3n) is 8.75. The molecule has 4 amide bonds. The minimum absolute atomic E-state index is 0.0250. The maximum absolute atomic E-state index is 13.8. The van der Waals surface area contributed by atoms with Crippen LogP contribution >= 0.6 is 0 Å². The number of alkyl carbamates (subject to hydrolysis) is 1. The zero-order valence-corrected chi connectivity index (χ0v) is 20.9. The number of amides is 4. The van der Waals surface area contributed by atoms with Gasteiger partial charge in [-0.05, 0) is 48.3 Å². The topological polar surface area (TPSA) is 148 Å². The molecule has 0 aromatic rings. The van der Waals surface area contributed by atoms with E-state index in [-0.39, 0.29) is 35.0 Å². The molecule has 10 heteroatoms. The number of nitrogens with two attached hydrogens (primary N) is 1. The van der Waals surface area contributed by atoms with Gasteiger partial charge in [0.1, 0.15) is 12.1 Å². The molecule has 1 aliphatic heterocycles. The van der Waals surface area contributed by atoms with Crippen LogP contribution in [0.1, 0.15) is 65.2 Å². The van der Waals surface area contributed by atoms with Crippen LogP contribution in [0.15, 0.2) is 0 Å². The zero-order valence-electron chi connectivity index (χ0n) is 20.9. The largest absolute Gasteiger partial charge is 0.453 e. The van der Waals surface area contributed by atoms with Crippen LogP contribution in [-0.2, 0) is 23.9 Å². The number of hydrogen-bond donors (Lipinski definition) is 3. The van der Waals surface area contributed by atoms with Crippen molar-refractivity contribution in [1.82, 2.24) is 15.5 Å². The predicted octanol–water partition coefficient (Wildman–Crippen LogP) is 1.11. The highest BCUT2D eigenvalue weighted by Crippen LogP contribution is 2.65. The summed E-state index contributed by atoms with van der Waals surface area (Å²) in [4.78, 5) is 65.1. The van der Waals surface area contributed by atoms with Gasteiger partial charge in [0, 0.05) is 6.54 Å². The number of primary amides is 1. The molecule has 3 saturated carbocycles. The van der Waals surface area contributed by atoms with E-state index in [1.54, 1.807) is 4.90 Å². The van der Waals surface area contributed by atoms with E-state index < -0.39 is 41.8 Å². The van der Waals surface area contributed by atoms with Crippen molar-refractivity contribution in [3.63, 3.8) is 0 Å². The van der Waals surface area contributed by atoms with E-state index in [0.29, 0.717) is 13.0 Å². The molecule has 4 aliphatic rings. The average molecular weight is 491 g/mol. The van der Waals surface area contributed by atoms with Crippen LogP contribution in [0.2, 0.25) is 0 Å². The molecule has 1 heterocycles. The number of ether oxygens (including phenoxy) is 1. The second kappa shape index (κ2) is 9.78. The Morgan fingerprint density at radius 3 is 2.26 bits per heavy atom. The van der Waals surface area contributed by atoms with Crippen molar-refractivity contribution < 1.29 is 28.7 Å². The third kappa shape index (κ3) is 5.16. The summed E-state index contributed by atoms with van der Waals surface area (Å²) in [6, 6.07) is -2.52. The van der Waals surface area contributed by atoms with Gasteiger partial charge >= 0.3 is 6.09 Å². The van der Waals surface area contributed by atoms with Crippen molar-refractivity contribution in [2.45, 2.75) is 83.3 Å². The van der Waals surface area contributed by atoms with E-state index >= 15 is 0 Å². The Morgan fingerprint density at radius 2 is 1.69 bits per heavy atom. The van der Waals surface area contributed by atoms with Gasteiger partial charge in [-0.1, -0.05) is 46.0 Å². The molecular weight excluding hydrogens is 452 g/mol. The second-order valence-corrected chi connectivity index (χ2v) is 11.4. The summed E-state index contributed by atoms with van der Waals surface area (Å²) in [5.74, 6) is -2.23. The normalized spacial score (nSPS) is 28.9. The quantitative estimate of drug-likeness (QED) is 0.413. The maximum Gasteiger partial charge on any atom is 0.407 e. The molecule has 194 valence electrons. The van der Waals surface area contributed by atoms with E-state index in [9.17, 15) is 24.0 Å². The lowest BCUT2D eigenvalue weighted by Crippen LogP contribution is -2.59. The number of piperidine rings is 1. The summed E-state index contributed by atoms with van der Waals surface area (Å²) >= 11 is 0. The summed E-state index contributed by atoms with van der Waals surface area (Å²) in [5, 5.41) is 5.50. The fourth-order valence-electron chi connectivity index (χ4n) is 6.37. The maximum atomic E-state index is 13.8. The molecule has 10 nitrogen and oxygen atoms in total. The van der Waals surface area contributed by atoms with Crippen LogP contribution in [0.5, 0.6) is 0 Å². The number of ketones is 1.